The maximum absolute atomic E-state index is 10.6. The van der Waals surface area contributed by atoms with Crippen molar-refractivity contribution in [2.75, 3.05) is 0 Å². The van der Waals surface area contributed by atoms with Gasteiger partial charge in [-0.05, 0) is 48.2 Å². The Bertz CT molecular complexity index is 702. The van der Waals surface area contributed by atoms with E-state index in [1.54, 1.807) is 30.3 Å². The largest absolute Gasteiger partial charge is 0.508 e. The molecule has 0 aromatic heterocycles. The molecule has 4 N–H and O–H groups in total. The van der Waals surface area contributed by atoms with Gasteiger partial charge in [0.1, 0.15) is 5.75 Å². The normalized spacial score (nSPS) is 10.9. The Morgan fingerprint density at radius 2 is 1.64 bits per heavy atom. The third-order valence-corrected chi connectivity index (χ3v) is 3.30. The molecule has 2 aromatic carbocycles. The number of aromatic hydroxyl groups is 3. The van der Waals surface area contributed by atoms with Crippen molar-refractivity contribution in [3.63, 3.8) is 0 Å². The molecule has 0 fully saturated rings. The summed E-state index contributed by atoms with van der Waals surface area (Å²) in [5.74, 6) is -1.40. The predicted octanol–water partition coefficient (Wildman–Crippen LogP) is 2.69. The molecule has 22 heavy (non-hydrogen) atoms. The van der Waals surface area contributed by atoms with Crippen molar-refractivity contribution < 1.29 is 25.2 Å². The molecular formula is C17H16O5. The van der Waals surface area contributed by atoms with Crippen molar-refractivity contribution in [3.8, 4) is 17.2 Å². The van der Waals surface area contributed by atoms with E-state index in [0.29, 0.717) is 24.0 Å². The molecule has 0 aliphatic heterocycles. The molecule has 0 spiro atoms. The molecule has 2 rings (SSSR count). The first-order valence-corrected chi connectivity index (χ1v) is 6.70. The van der Waals surface area contributed by atoms with Crippen molar-refractivity contribution in [2.45, 2.75) is 12.8 Å². The maximum atomic E-state index is 10.6. The van der Waals surface area contributed by atoms with Crippen LogP contribution in [-0.2, 0) is 17.6 Å². The molecule has 0 unspecified atom stereocenters. The molecule has 0 atom stereocenters. The highest BCUT2D eigenvalue weighted by atomic mass is 16.4. The molecule has 0 amide bonds. The minimum absolute atomic E-state index is 0.175. The summed E-state index contributed by atoms with van der Waals surface area (Å²) in [6.45, 7) is 0. The SMILES string of the molecule is O=C(O)C=Cc1ccc(O)c(O)c1CCc1ccc(O)cc1. The van der Waals surface area contributed by atoms with Crippen LogP contribution in [0.15, 0.2) is 42.5 Å². The second-order valence-electron chi connectivity index (χ2n) is 4.84. The molecule has 0 radical (unpaired) electrons. The summed E-state index contributed by atoms with van der Waals surface area (Å²) in [6.07, 6.45) is 3.36. The second-order valence-corrected chi connectivity index (χ2v) is 4.84. The average molecular weight is 300 g/mol. The number of carboxylic acid groups (broad SMARTS) is 1. The minimum Gasteiger partial charge on any atom is -0.508 e. The Labute approximate surface area is 127 Å². The van der Waals surface area contributed by atoms with Crippen LogP contribution in [0.25, 0.3) is 6.08 Å². The number of hydrogen-bond donors (Lipinski definition) is 4. The van der Waals surface area contributed by atoms with Crippen LogP contribution in [0.1, 0.15) is 16.7 Å². The molecule has 0 saturated carbocycles. The van der Waals surface area contributed by atoms with Gasteiger partial charge in [-0.1, -0.05) is 18.2 Å². The first kappa shape index (κ1) is 15.4. The van der Waals surface area contributed by atoms with E-state index in [1.807, 2.05) is 0 Å². The number of aryl methyl sites for hydroxylation is 1. The number of rotatable bonds is 5. The topological polar surface area (TPSA) is 98.0 Å². The first-order valence-electron chi connectivity index (χ1n) is 6.70. The van der Waals surface area contributed by atoms with Crippen LogP contribution in [0.2, 0.25) is 0 Å². The molecular weight excluding hydrogens is 284 g/mol. The molecule has 0 aliphatic rings. The van der Waals surface area contributed by atoms with Crippen LogP contribution in [0.4, 0.5) is 0 Å². The highest BCUT2D eigenvalue weighted by Crippen LogP contribution is 2.33. The van der Waals surface area contributed by atoms with Crippen LogP contribution in [0.3, 0.4) is 0 Å². The van der Waals surface area contributed by atoms with Gasteiger partial charge in [-0.3, -0.25) is 0 Å². The van der Waals surface area contributed by atoms with E-state index in [2.05, 4.69) is 0 Å². The van der Waals surface area contributed by atoms with Crippen molar-refractivity contribution in [2.24, 2.45) is 0 Å². The van der Waals surface area contributed by atoms with Gasteiger partial charge in [0, 0.05) is 11.6 Å². The Balaban J connectivity index is 2.26. The quantitative estimate of drug-likeness (QED) is 0.503. The fourth-order valence-electron chi connectivity index (χ4n) is 2.15. The van der Waals surface area contributed by atoms with Gasteiger partial charge in [-0.15, -0.1) is 0 Å². The van der Waals surface area contributed by atoms with Crippen LogP contribution in [-0.4, -0.2) is 26.4 Å². The van der Waals surface area contributed by atoms with Crippen molar-refractivity contribution in [1.82, 2.24) is 0 Å². The second kappa shape index (κ2) is 6.67. The maximum Gasteiger partial charge on any atom is 0.328 e. The number of phenols is 3. The zero-order valence-corrected chi connectivity index (χ0v) is 11.7. The molecule has 0 heterocycles. The fourth-order valence-corrected chi connectivity index (χ4v) is 2.15. The monoisotopic (exact) mass is 300 g/mol. The standard InChI is InChI=1S/C17H16O5/c18-13-6-1-11(2-7-13)3-8-14-12(5-10-16(20)21)4-9-15(19)17(14)22/h1-2,4-7,9-10,18-19,22H,3,8H2,(H,20,21). The third kappa shape index (κ3) is 3.79. The van der Waals surface area contributed by atoms with E-state index in [4.69, 9.17) is 5.11 Å². The van der Waals surface area contributed by atoms with Crippen molar-refractivity contribution in [1.29, 1.82) is 0 Å². The summed E-state index contributed by atoms with van der Waals surface area (Å²) < 4.78 is 0. The van der Waals surface area contributed by atoms with E-state index in [0.717, 1.165) is 11.6 Å². The average Bonchev–Trinajstić information content (AvgIpc) is 2.49. The van der Waals surface area contributed by atoms with Gasteiger partial charge in [-0.25, -0.2) is 4.79 Å². The molecule has 5 heteroatoms. The number of phenolic OH excluding ortho intramolecular Hbond substituents is 3. The lowest BCUT2D eigenvalue weighted by Gasteiger charge is -2.10. The van der Waals surface area contributed by atoms with Crippen LogP contribution < -0.4 is 0 Å². The number of aliphatic carboxylic acids is 1. The number of carboxylic acids is 1. The molecule has 114 valence electrons. The zero-order chi connectivity index (χ0) is 16.1. The predicted molar refractivity (Wildman–Crippen MR) is 82.0 cm³/mol. The lowest BCUT2D eigenvalue weighted by molar-refractivity contribution is -0.131. The van der Waals surface area contributed by atoms with E-state index < -0.39 is 5.97 Å². The Morgan fingerprint density at radius 1 is 0.955 bits per heavy atom. The van der Waals surface area contributed by atoms with Gasteiger partial charge >= 0.3 is 5.97 Å². The zero-order valence-electron chi connectivity index (χ0n) is 11.7. The van der Waals surface area contributed by atoms with Crippen LogP contribution in [0.5, 0.6) is 17.2 Å². The van der Waals surface area contributed by atoms with Gasteiger partial charge in [0.2, 0.25) is 0 Å². The smallest absolute Gasteiger partial charge is 0.328 e. The molecule has 2 aromatic rings. The minimum atomic E-state index is -1.09. The van der Waals surface area contributed by atoms with Crippen LogP contribution >= 0.6 is 0 Å². The van der Waals surface area contributed by atoms with Gasteiger partial charge in [0.05, 0.1) is 0 Å². The third-order valence-electron chi connectivity index (χ3n) is 3.30. The van der Waals surface area contributed by atoms with Crippen molar-refractivity contribution in [3.05, 3.63) is 59.2 Å². The molecule has 0 bridgehead atoms. The lowest BCUT2D eigenvalue weighted by atomic mass is 9.98. The lowest BCUT2D eigenvalue weighted by Crippen LogP contribution is -1.96. The van der Waals surface area contributed by atoms with E-state index in [9.17, 15) is 20.1 Å². The summed E-state index contributed by atoms with van der Waals surface area (Å²) in [5.41, 5.74) is 1.97. The summed E-state index contributed by atoms with van der Waals surface area (Å²) in [4.78, 5) is 10.6. The molecule has 0 aliphatic carbocycles. The first-order chi connectivity index (χ1) is 10.5. The number of benzene rings is 2. The summed E-state index contributed by atoms with van der Waals surface area (Å²) in [5, 5.41) is 37.6. The van der Waals surface area contributed by atoms with Crippen LogP contribution in [0, 0.1) is 0 Å². The van der Waals surface area contributed by atoms with E-state index in [-0.39, 0.29) is 17.2 Å². The summed E-state index contributed by atoms with van der Waals surface area (Å²) in [6, 6.07) is 9.55. The van der Waals surface area contributed by atoms with Gasteiger partial charge < -0.3 is 20.4 Å². The number of carbonyl (C=O) groups is 1. The Hall–Kier alpha value is -2.95. The Kier molecular flexibility index (Phi) is 4.68. The van der Waals surface area contributed by atoms with Gasteiger partial charge in [-0.2, -0.15) is 0 Å². The summed E-state index contributed by atoms with van der Waals surface area (Å²) in [7, 11) is 0. The Morgan fingerprint density at radius 3 is 2.27 bits per heavy atom. The fraction of sp³-hybridized carbons (Fsp3) is 0.118. The van der Waals surface area contributed by atoms with Crippen molar-refractivity contribution >= 4 is 12.0 Å². The molecule has 0 saturated heterocycles. The highest BCUT2D eigenvalue weighted by Gasteiger charge is 2.11. The highest BCUT2D eigenvalue weighted by molar-refractivity contribution is 5.85. The van der Waals surface area contributed by atoms with Gasteiger partial charge in [0.25, 0.3) is 0 Å². The van der Waals surface area contributed by atoms with E-state index >= 15 is 0 Å². The molecule has 5 nitrogen and oxygen atoms in total. The van der Waals surface area contributed by atoms with Gasteiger partial charge in [0.15, 0.2) is 11.5 Å². The number of hydrogen-bond acceptors (Lipinski definition) is 4. The summed E-state index contributed by atoms with van der Waals surface area (Å²) >= 11 is 0. The van der Waals surface area contributed by atoms with E-state index in [1.165, 1.54) is 12.1 Å².